The highest BCUT2D eigenvalue weighted by Gasteiger charge is 2.35. The molecule has 2 aliphatic rings. The minimum atomic E-state index is -0.818. The Hall–Kier alpha value is -3.11. The lowest BCUT2D eigenvalue weighted by Gasteiger charge is -2.36. The fraction of sp³-hybridized carbons (Fsp3) is 0.467. The summed E-state index contributed by atoms with van der Waals surface area (Å²) in [6.07, 6.45) is 2.26. The first-order valence-electron chi connectivity index (χ1n) is 13.8. The van der Waals surface area contributed by atoms with Crippen LogP contribution in [0.25, 0.3) is 22.3 Å². The first-order chi connectivity index (χ1) is 19.2. The standard InChI is InChI=1S/C30H36ClN3O6/c1-17(21-10-6-7-12-32-21)34(3)30(38)40-26-15-23(36)28-22(35)14-25(18-8-4-5-9-20(18)31)39-29(28)27(26)19-11-13-33(2)16-24(19)37/h4-5,8-9,14-15,17,19,21,24,32,36-37H,6-7,10-13,16H2,1-3H3/t17?,19-,21+,24+/m0/s1. The Morgan fingerprint density at radius 1 is 1.25 bits per heavy atom. The van der Waals surface area contributed by atoms with Crippen LogP contribution in [0.3, 0.4) is 0 Å². The van der Waals surface area contributed by atoms with E-state index in [1.807, 2.05) is 18.9 Å². The number of amides is 1. The fourth-order valence-corrected chi connectivity index (χ4v) is 6.09. The molecule has 0 saturated carbocycles. The normalized spacial score (nSPS) is 22.7. The van der Waals surface area contributed by atoms with E-state index in [9.17, 15) is 19.8 Å². The molecule has 1 amide bonds. The number of hydrogen-bond acceptors (Lipinski definition) is 8. The maximum atomic E-state index is 13.4. The number of benzene rings is 2. The van der Waals surface area contributed by atoms with Gasteiger partial charge in [-0.2, -0.15) is 0 Å². The third-order valence-electron chi connectivity index (χ3n) is 8.30. The number of hydrogen-bond donors (Lipinski definition) is 3. The van der Waals surface area contributed by atoms with Crippen molar-refractivity contribution in [2.45, 2.75) is 56.7 Å². The second-order valence-electron chi connectivity index (χ2n) is 11.0. The maximum Gasteiger partial charge on any atom is 0.415 e. The van der Waals surface area contributed by atoms with Gasteiger partial charge in [-0.25, -0.2) is 4.79 Å². The summed E-state index contributed by atoms with van der Waals surface area (Å²) < 4.78 is 12.2. The van der Waals surface area contributed by atoms with E-state index in [-0.39, 0.29) is 40.3 Å². The van der Waals surface area contributed by atoms with E-state index >= 15 is 0 Å². The molecule has 0 aliphatic carbocycles. The summed E-state index contributed by atoms with van der Waals surface area (Å²) in [5, 5.41) is 25.9. The van der Waals surface area contributed by atoms with Gasteiger partial charge >= 0.3 is 6.09 Å². The van der Waals surface area contributed by atoms with Crippen LogP contribution in [-0.2, 0) is 0 Å². The number of ether oxygens (including phenoxy) is 1. The van der Waals surface area contributed by atoms with Crippen molar-refractivity contribution in [2.24, 2.45) is 0 Å². The number of likely N-dealkylation sites (tertiary alicyclic amines) is 1. The molecular formula is C30H36ClN3O6. The van der Waals surface area contributed by atoms with Crippen LogP contribution in [0.15, 0.2) is 45.6 Å². The second kappa shape index (κ2) is 11.8. The minimum absolute atomic E-state index is 0.0372. The molecule has 9 nitrogen and oxygen atoms in total. The number of aliphatic hydroxyl groups is 1. The molecule has 5 rings (SSSR count). The number of nitrogens with zero attached hydrogens (tertiary/aromatic N) is 2. The number of nitrogens with one attached hydrogen (secondary N) is 1. The second-order valence-corrected chi connectivity index (χ2v) is 11.4. The monoisotopic (exact) mass is 569 g/mol. The highest BCUT2D eigenvalue weighted by Crippen LogP contribution is 2.44. The molecule has 3 heterocycles. The number of likely N-dealkylation sites (N-methyl/N-ethyl adjacent to an activating group) is 2. The zero-order valence-corrected chi connectivity index (χ0v) is 23.8. The van der Waals surface area contributed by atoms with Crippen LogP contribution in [0.1, 0.15) is 44.1 Å². The maximum absolute atomic E-state index is 13.4. The molecule has 2 aromatic carbocycles. The number of phenolic OH excluding ortho intramolecular Hbond substituents is 1. The lowest BCUT2D eigenvalue weighted by molar-refractivity contribution is 0.0626. The average Bonchev–Trinajstić information content (AvgIpc) is 2.93. The topological polar surface area (TPSA) is 115 Å². The number of carbonyl (C=O) groups is 1. The van der Waals surface area contributed by atoms with E-state index in [0.717, 1.165) is 25.8 Å². The van der Waals surface area contributed by atoms with E-state index in [4.69, 9.17) is 20.8 Å². The number of phenols is 1. The first kappa shape index (κ1) is 28.4. The number of fused-ring (bicyclic) bond motifs is 1. The van der Waals surface area contributed by atoms with E-state index in [2.05, 4.69) is 5.32 Å². The van der Waals surface area contributed by atoms with Crippen LogP contribution in [0.5, 0.6) is 11.5 Å². The van der Waals surface area contributed by atoms with E-state index in [1.165, 1.54) is 17.0 Å². The molecular weight excluding hydrogens is 534 g/mol. The van der Waals surface area contributed by atoms with Gasteiger partial charge < -0.3 is 34.5 Å². The van der Waals surface area contributed by atoms with Crippen LogP contribution in [0, 0.1) is 0 Å². The molecule has 2 saturated heterocycles. The number of halogens is 1. The molecule has 40 heavy (non-hydrogen) atoms. The predicted molar refractivity (Wildman–Crippen MR) is 154 cm³/mol. The van der Waals surface area contributed by atoms with Crippen LogP contribution >= 0.6 is 11.6 Å². The van der Waals surface area contributed by atoms with Crippen molar-refractivity contribution in [1.82, 2.24) is 15.1 Å². The molecule has 1 aromatic heterocycles. The van der Waals surface area contributed by atoms with Gasteiger partial charge in [0.25, 0.3) is 0 Å². The van der Waals surface area contributed by atoms with Crippen molar-refractivity contribution in [3.8, 4) is 22.8 Å². The van der Waals surface area contributed by atoms with E-state index < -0.39 is 23.5 Å². The van der Waals surface area contributed by atoms with E-state index in [0.29, 0.717) is 35.7 Å². The Balaban J connectivity index is 1.62. The molecule has 4 atom stereocenters. The lowest BCUT2D eigenvalue weighted by Crippen LogP contribution is -2.51. The van der Waals surface area contributed by atoms with Crippen molar-refractivity contribution < 1.29 is 24.2 Å². The Bertz CT molecular complexity index is 1450. The van der Waals surface area contributed by atoms with Crippen molar-refractivity contribution >= 4 is 28.7 Å². The third kappa shape index (κ3) is 5.56. The highest BCUT2D eigenvalue weighted by molar-refractivity contribution is 6.33. The molecule has 214 valence electrons. The fourth-order valence-electron chi connectivity index (χ4n) is 5.86. The number of β-amino-alcohol motifs (C(OH)–C–C–N with tert-alkyl or cyclic N) is 1. The Labute approximate surface area is 238 Å². The summed E-state index contributed by atoms with van der Waals surface area (Å²) in [6.45, 7) is 3.94. The molecule has 1 unspecified atom stereocenters. The molecule has 3 N–H and O–H groups in total. The van der Waals surface area contributed by atoms with Gasteiger partial charge in [0.2, 0.25) is 0 Å². The molecule has 2 fully saturated rings. The molecule has 3 aromatic rings. The summed E-state index contributed by atoms with van der Waals surface area (Å²) in [7, 11) is 3.60. The smallest absolute Gasteiger partial charge is 0.415 e. The van der Waals surface area contributed by atoms with Gasteiger partial charge in [-0.3, -0.25) is 4.79 Å². The molecule has 0 radical (unpaired) electrons. The zero-order valence-electron chi connectivity index (χ0n) is 23.0. The number of aromatic hydroxyl groups is 1. The molecule has 0 bridgehead atoms. The summed E-state index contributed by atoms with van der Waals surface area (Å²) in [4.78, 5) is 30.3. The van der Waals surface area contributed by atoms with Gasteiger partial charge in [0.1, 0.15) is 28.2 Å². The average molecular weight is 570 g/mol. The van der Waals surface area contributed by atoms with Gasteiger partial charge in [0.05, 0.1) is 11.1 Å². The predicted octanol–water partition coefficient (Wildman–Crippen LogP) is 4.56. The van der Waals surface area contributed by atoms with Gasteiger partial charge in [-0.05, 0) is 58.5 Å². The number of aliphatic hydroxyl groups excluding tert-OH is 1. The van der Waals surface area contributed by atoms with Crippen LogP contribution in [0.4, 0.5) is 4.79 Å². The van der Waals surface area contributed by atoms with Crippen molar-refractivity contribution in [2.75, 3.05) is 33.7 Å². The molecule has 0 spiro atoms. The van der Waals surface area contributed by atoms with Crippen molar-refractivity contribution in [3.05, 3.63) is 57.2 Å². The van der Waals surface area contributed by atoms with Crippen LogP contribution < -0.4 is 15.5 Å². The van der Waals surface area contributed by atoms with Gasteiger partial charge in [0.15, 0.2) is 5.43 Å². The molecule has 2 aliphatic heterocycles. The number of rotatable bonds is 5. The van der Waals surface area contributed by atoms with Gasteiger partial charge in [0, 0.05) is 54.9 Å². The van der Waals surface area contributed by atoms with Crippen molar-refractivity contribution in [1.29, 1.82) is 0 Å². The third-order valence-corrected chi connectivity index (χ3v) is 8.63. The van der Waals surface area contributed by atoms with E-state index in [1.54, 1.807) is 31.3 Å². The van der Waals surface area contributed by atoms with Gasteiger partial charge in [-0.15, -0.1) is 0 Å². The summed E-state index contributed by atoms with van der Waals surface area (Å²) in [5.74, 6) is -0.606. The van der Waals surface area contributed by atoms with Crippen LogP contribution in [-0.4, -0.2) is 78.0 Å². The summed E-state index contributed by atoms with van der Waals surface area (Å²) in [6, 6.07) is 9.55. The van der Waals surface area contributed by atoms with Crippen molar-refractivity contribution in [3.63, 3.8) is 0 Å². The van der Waals surface area contributed by atoms with Gasteiger partial charge in [-0.1, -0.05) is 30.2 Å². The zero-order chi connectivity index (χ0) is 28.6. The lowest BCUT2D eigenvalue weighted by atomic mass is 9.85. The Morgan fingerprint density at radius 3 is 2.73 bits per heavy atom. The SMILES string of the molecule is CC([C@H]1CCCCN1)N(C)C(=O)Oc1cc(O)c2c(=O)cc(-c3ccccc3Cl)oc2c1[C@H]1CCN(C)C[C@H]1O. The number of piperidine rings is 2. The summed E-state index contributed by atoms with van der Waals surface area (Å²) in [5.41, 5.74) is 0.492. The first-order valence-corrected chi connectivity index (χ1v) is 14.2. The minimum Gasteiger partial charge on any atom is -0.507 e. The summed E-state index contributed by atoms with van der Waals surface area (Å²) >= 11 is 6.41. The Kier molecular flexibility index (Phi) is 8.37. The van der Waals surface area contributed by atoms with Crippen LogP contribution in [0.2, 0.25) is 5.02 Å². The number of carbonyl (C=O) groups excluding carboxylic acids is 1. The molecule has 10 heteroatoms. The highest BCUT2D eigenvalue weighted by atomic mass is 35.5. The Morgan fingerprint density at radius 2 is 2.02 bits per heavy atom. The largest absolute Gasteiger partial charge is 0.507 e. The quantitative estimate of drug-likeness (QED) is 0.410.